The van der Waals surface area contributed by atoms with Crippen LogP contribution >= 0.6 is 0 Å². The summed E-state index contributed by atoms with van der Waals surface area (Å²) in [5.41, 5.74) is 0.800. The predicted octanol–water partition coefficient (Wildman–Crippen LogP) is 1.43. The highest BCUT2D eigenvalue weighted by atomic mass is 16.5. The van der Waals surface area contributed by atoms with E-state index in [1.54, 1.807) is 12.3 Å². The van der Waals surface area contributed by atoms with E-state index in [2.05, 4.69) is 9.97 Å². The first-order valence-electron chi connectivity index (χ1n) is 4.18. The molecule has 0 aliphatic rings. The molecule has 0 aliphatic carbocycles. The number of pyridine rings is 1. The Morgan fingerprint density at radius 1 is 1.64 bits per heavy atom. The van der Waals surface area contributed by atoms with E-state index in [0.717, 1.165) is 0 Å². The van der Waals surface area contributed by atoms with Crippen molar-refractivity contribution < 1.29 is 13.9 Å². The van der Waals surface area contributed by atoms with Crippen molar-refractivity contribution in [1.29, 1.82) is 0 Å². The standard InChI is InChI=1S/C9H8N2O3/c1-2-13-6-3-4-10-9-8(6)11-7(5-12)14-9/h3-5H,2H2,1H3. The Bertz CT molecular complexity index is 464. The van der Waals surface area contributed by atoms with Crippen LogP contribution in [0.3, 0.4) is 0 Å². The highest BCUT2D eigenvalue weighted by Crippen LogP contribution is 2.22. The number of aldehydes is 1. The molecule has 2 heterocycles. The first-order chi connectivity index (χ1) is 6.85. The second kappa shape index (κ2) is 3.45. The number of nitrogens with zero attached hydrogens (tertiary/aromatic N) is 2. The maximum atomic E-state index is 10.4. The van der Waals surface area contributed by atoms with Crippen molar-refractivity contribution in [2.24, 2.45) is 0 Å². The summed E-state index contributed by atoms with van der Waals surface area (Å²) < 4.78 is 10.3. The molecular formula is C9H8N2O3. The van der Waals surface area contributed by atoms with E-state index in [1.165, 1.54) is 0 Å². The lowest BCUT2D eigenvalue weighted by molar-refractivity contribution is 0.109. The van der Waals surface area contributed by atoms with Crippen LogP contribution in [0.5, 0.6) is 5.75 Å². The molecule has 0 N–H and O–H groups in total. The molecule has 0 spiro atoms. The largest absolute Gasteiger partial charge is 0.491 e. The fourth-order valence-electron chi connectivity index (χ4n) is 1.15. The van der Waals surface area contributed by atoms with Crippen molar-refractivity contribution >= 4 is 17.5 Å². The smallest absolute Gasteiger partial charge is 0.262 e. The van der Waals surface area contributed by atoms with E-state index in [-0.39, 0.29) is 5.89 Å². The van der Waals surface area contributed by atoms with Crippen molar-refractivity contribution in [3.63, 3.8) is 0 Å². The van der Waals surface area contributed by atoms with Crippen LogP contribution in [-0.4, -0.2) is 22.9 Å². The van der Waals surface area contributed by atoms with E-state index in [9.17, 15) is 4.79 Å². The normalized spacial score (nSPS) is 10.4. The van der Waals surface area contributed by atoms with Crippen LogP contribution < -0.4 is 4.74 Å². The third-order valence-corrected chi connectivity index (χ3v) is 1.68. The van der Waals surface area contributed by atoms with Crippen LogP contribution in [0.2, 0.25) is 0 Å². The second-order valence-corrected chi connectivity index (χ2v) is 2.57. The number of hydrogen-bond donors (Lipinski definition) is 0. The molecule has 0 aliphatic heterocycles. The van der Waals surface area contributed by atoms with Gasteiger partial charge in [-0.15, -0.1) is 0 Å². The number of fused-ring (bicyclic) bond motifs is 1. The molecule has 0 saturated heterocycles. The summed E-state index contributed by atoms with van der Waals surface area (Å²) >= 11 is 0. The second-order valence-electron chi connectivity index (χ2n) is 2.57. The van der Waals surface area contributed by atoms with E-state index >= 15 is 0 Å². The van der Waals surface area contributed by atoms with Gasteiger partial charge in [0.05, 0.1) is 6.61 Å². The average Bonchev–Trinajstić information content (AvgIpc) is 2.62. The molecule has 0 fully saturated rings. The van der Waals surface area contributed by atoms with Crippen LogP contribution in [0.15, 0.2) is 16.7 Å². The Morgan fingerprint density at radius 3 is 3.21 bits per heavy atom. The van der Waals surface area contributed by atoms with Crippen molar-refractivity contribution in [1.82, 2.24) is 9.97 Å². The minimum absolute atomic E-state index is 0.0136. The number of aromatic nitrogens is 2. The Kier molecular flexibility index (Phi) is 2.14. The molecule has 0 bridgehead atoms. The highest BCUT2D eigenvalue weighted by molar-refractivity contribution is 5.80. The van der Waals surface area contributed by atoms with Gasteiger partial charge in [0.15, 0.2) is 11.3 Å². The molecule has 0 amide bonds. The number of rotatable bonds is 3. The van der Waals surface area contributed by atoms with Crippen LogP contribution in [0.1, 0.15) is 17.6 Å². The molecular weight excluding hydrogens is 184 g/mol. The van der Waals surface area contributed by atoms with Gasteiger partial charge in [-0.1, -0.05) is 0 Å². The zero-order valence-corrected chi connectivity index (χ0v) is 7.56. The Labute approximate surface area is 79.7 Å². The number of oxazole rings is 1. The third-order valence-electron chi connectivity index (χ3n) is 1.68. The fourth-order valence-corrected chi connectivity index (χ4v) is 1.15. The number of ether oxygens (including phenoxy) is 1. The zero-order chi connectivity index (χ0) is 9.97. The SMILES string of the molecule is CCOc1ccnc2oc(C=O)nc12. The Balaban J connectivity index is 2.60. The van der Waals surface area contributed by atoms with Gasteiger partial charge in [-0.05, 0) is 6.92 Å². The van der Waals surface area contributed by atoms with Crippen LogP contribution in [0.25, 0.3) is 11.2 Å². The van der Waals surface area contributed by atoms with Gasteiger partial charge in [0, 0.05) is 12.3 Å². The lowest BCUT2D eigenvalue weighted by Crippen LogP contribution is -1.92. The molecule has 0 aromatic carbocycles. The maximum Gasteiger partial charge on any atom is 0.262 e. The molecule has 5 nitrogen and oxygen atoms in total. The topological polar surface area (TPSA) is 65.2 Å². The molecule has 2 aromatic rings. The first kappa shape index (κ1) is 8.68. The van der Waals surface area contributed by atoms with E-state index in [4.69, 9.17) is 9.15 Å². The summed E-state index contributed by atoms with van der Waals surface area (Å²) in [7, 11) is 0. The van der Waals surface area contributed by atoms with Crippen LogP contribution in [0, 0.1) is 0 Å². The lowest BCUT2D eigenvalue weighted by Gasteiger charge is -2.00. The summed E-state index contributed by atoms with van der Waals surface area (Å²) in [4.78, 5) is 18.3. The molecule has 0 saturated carbocycles. The summed E-state index contributed by atoms with van der Waals surface area (Å²) in [6.07, 6.45) is 2.09. The average molecular weight is 192 g/mol. The zero-order valence-electron chi connectivity index (χ0n) is 7.56. The first-order valence-corrected chi connectivity index (χ1v) is 4.18. The van der Waals surface area contributed by atoms with Crippen molar-refractivity contribution in [3.8, 4) is 5.75 Å². The molecule has 72 valence electrons. The summed E-state index contributed by atoms with van der Waals surface area (Å²) in [5.74, 6) is 0.592. The summed E-state index contributed by atoms with van der Waals surface area (Å²) in [6, 6.07) is 1.68. The molecule has 14 heavy (non-hydrogen) atoms. The van der Waals surface area contributed by atoms with Gasteiger partial charge in [0.1, 0.15) is 0 Å². The Morgan fingerprint density at radius 2 is 2.50 bits per heavy atom. The van der Waals surface area contributed by atoms with Gasteiger partial charge in [0.25, 0.3) is 11.6 Å². The quantitative estimate of drug-likeness (QED) is 0.688. The number of carbonyl (C=O) groups is 1. The van der Waals surface area contributed by atoms with Crippen molar-refractivity contribution in [2.45, 2.75) is 6.92 Å². The lowest BCUT2D eigenvalue weighted by atomic mass is 10.4. The van der Waals surface area contributed by atoms with Gasteiger partial charge in [-0.3, -0.25) is 4.79 Å². The van der Waals surface area contributed by atoms with E-state index in [0.29, 0.717) is 29.9 Å². The minimum atomic E-state index is 0.0136. The summed E-state index contributed by atoms with van der Waals surface area (Å²) in [6.45, 7) is 2.40. The van der Waals surface area contributed by atoms with Gasteiger partial charge in [0.2, 0.25) is 6.29 Å². The van der Waals surface area contributed by atoms with Gasteiger partial charge >= 0.3 is 0 Å². The number of carbonyl (C=O) groups excluding carboxylic acids is 1. The number of hydrogen-bond acceptors (Lipinski definition) is 5. The molecule has 2 aromatic heterocycles. The van der Waals surface area contributed by atoms with E-state index < -0.39 is 0 Å². The fraction of sp³-hybridized carbons (Fsp3) is 0.222. The van der Waals surface area contributed by atoms with E-state index in [1.807, 2.05) is 6.92 Å². The predicted molar refractivity (Wildman–Crippen MR) is 48.4 cm³/mol. The molecule has 0 unspecified atom stereocenters. The molecule has 0 atom stereocenters. The van der Waals surface area contributed by atoms with Crippen molar-refractivity contribution in [3.05, 3.63) is 18.2 Å². The van der Waals surface area contributed by atoms with Gasteiger partial charge < -0.3 is 9.15 Å². The van der Waals surface area contributed by atoms with Crippen LogP contribution in [-0.2, 0) is 0 Å². The Hall–Kier alpha value is -1.91. The van der Waals surface area contributed by atoms with Crippen molar-refractivity contribution in [2.75, 3.05) is 6.61 Å². The molecule has 0 radical (unpaired) electrons. The maximum absolute atomic E-state index is 10.4. The monoisotopic (exact) mass is 192 g/mol. The highest BCUT2D eigenvalue weighted by Gasteiger charge is 2.10. The summed E-state index contributed by atoms with van der Waals surface area (Å²) in [5, 5.41) is 0. The molecule has 2 rings (SSSR count). The minimum Gasteiger partial charge on any atom is -0.491 e. The van der Waals surface area contributed by atoms with Gasteiger partial charge in [-0.25, -0.2) is 9.97 Å². The van der Waals surface area contributed by atoms with Gasteiger partial charge in [-0.2, -0.15) is 0 Å². The third kappa shape index (κ3) is 1.32. The van der Waals surface area contributed by atoms with Crippen LogP contribution in [0.4, 0.5) is 0 Å². The molecule has 5 heteroatoms.